The van der Waals surface area contributed by atoms with E-state index in [1.54, 1.807) is 22.7 Å². The van der Waals surface area contributed by atoms with Crippen LogP contribution in [0, 0.1) is 0 Å². The number of para-hydroxylation sites is 4. The summed E-state index contributed by atoms with van der Waals surface area (Å²) in [5, 5.41) is 0. The molecule has 0 amide bonds. The summed E-state index contributed by atoms with van der Waals surface area (Å²) in [4.78, 5) is 18.9. The number of ether oxygens (including phenoxy) is 1. The number of anilines is 6. The number of rotatable bonds is 18. The fourth-order valence-electron chi connectivity index (χ4n) is 7.67. The summed E-state index contributed by atoms with van der Waals surface area (Å²) >= 11 is 3.52. The lowest BCUT2D eigenvalue weighted by atomic mass is 10.1. The average Bonchev–Trinajstić information content (AvgIpc) is 4.06. The Balaban J connectivity index is 0.906. The van der Waals surface area contributed by atoms with Gasteiger partial charge in [-0.25, -0.2) is 0 Å². The van der Waals surface area contributed by atoms with E-state index in [0.717, 1.165) is 68.1 Å². The molecule has 0 unspecified atom stereocenters. The minimum Gasteiger partial charge on any atom is -0.463 e. The van der Waals surface area contributed by atoms with E-state index < -0.39 is 0 Å². The minimum absolute atomic E-state index is 0.405. The topological polar surface area (TPSA) is 41.5 Å². The van der Waals surface area contributed by atoms with Crippen molar-refractivity contribution in [1.82, 2.24) is 9.97 Å². The van der Waals surface area contributed by atoms with Gasteiger partial charge in [0.25, 0.3) is 0 Å². The molecule has 6 aromatic carbocycles. The second-order valence-corrected chi connectivity index (χ2v) is 17.8. The molecule has 0 saturated heterocycles. The van der Waals surface area contributed by atoms with Gasteiger partial charge in [0.1, 0.15) is 0 Å². The van der Waals surface area contributed by atoms with E-state index in [2.05, 4.69) is 235 Å². The predicted octanol–water partition coefficient (Wildman–Crippen LogP) is 17.2. The Morgan fingerprint density at radius 2 is 0.800 bits per heavy atom. The van der Waals surface area contributed by atoms with Gasteiger partial charge in [0.2, 0.25) is 0 Å². The van der Waals surface area contributed by atoms with Crippen molar-refractivity contribution in [1.29, 1.82) is 0 Å². The summed E-state index contributed by atoms with van der Waals surface area (Å²) in [6.45, 7) is 2.81. The first-order valence-corrected chi connectivity index (χ1v) is 23.9. The lowest BCUT2D eigenvalue weighted by Gasteiger charge is -2.25. The SMILES string of the molecule is CCCCCCOc1nc(/C=C/c2ccc(-c3ccc(N(c4ccccc4)c4ccccc4)cc3)s2)cc(/C=C/c2ccc(-c3ccc(N(c4ccccc4)c4ccccc4)cc3)s2)n1. The maximum Gasteiger partial charge on any atom is 0.317 e. The minimum atomic E-state index is 0.405. The van der Waals surface area contributed by atoms with Crippen molar-refractivity contribution in [2.75, 3.05) is 16.4 Å². The van der Waals surface area contributed by atoms with E-state index in [-0.39, 0.29) is 0 Å². The van der Waals surface area contributed by atoms with Crippen LogP contribution in [0.4, 0.5) is 34.1 Å². The monoisotopic (exact) mass is 882 g/mol. The molecule has 9 aromatic rings. The maximum absolute atomic E-state index is 6.14. The summed E-state index contributed by atoms with van der Waals surface area (Å²) in [6.07, 6.45) is 12.9. The molecule has 0 aliphatic rings. The molecular formula is C58H50N4OS2. The first kappa shape index (κ1) is 43.0. The number of hydrogen-bond donors (Lipinski definition) is 0. The van der Waals surface area contributed by atoms with Crippen molar-refractivity contribution in [2.45, 2.75) is 32.6 Å². The molecule has 0 N–H and O–H groups in total. The third-order valence-electron chi connectivity index (χ3n) is 10.9. The van der Waals surface area contributed by atoms with Gasteiger partial charge in [-0.3, -0.25) is 0 Å². The van der Waals surface area contributed by atoms with Crippen molar-refractivity contribution in [3.8, 4) is 26.9 Å². The van der Waals surface area contributed by atoms with Crippen molar-refractivity contribution in [2.24, 2.45) is 0 Å². The van der Waals surface area contributed by atoms with Crippen LogP contribution in [-0.4, -0.2) is 16.6 Å². The van der Waals surface area contributed by atoms with Crippen LogP contribution in [0.15, 0.2) is 200 Å². The largest absolute Gasteiger partial charge is 0.463 e. The molecule has 0 saturated carbocycles. The fraction of sp³-hybridized carbons (Fsp3) is 0.103. The van der Waals surface area contributed by atoms with Crippen LogP contribution in [-0.2, 0) is 0 Å². The van der Waals surface area contributed by atoms with Crippen molar-refractivity contribution in [3.63, 3.8) is 0 Å². The molecule has 5 nitrogen and oxygen atoms in total. The Labute approximate surface area is 391 Å². The van der Waals surface area contributed by atoms with Gasteiger partial charge in [-0.15, -0.1) is 22.7 Å². The van der Waals surface area contributed by atoms with Crippen molar-refractivity contribution < 1.29 is 4.74 Å². The van der Waals surface area contributed by atoms with Gasteiger partial charge in [-0.2, -0.15) is 9.97 Å². The van der Waals surface area contributed by atoms with Crippen LogP contribution in [0.1, 0.15) is 53.7 Å². The number of aromatic nitrogens is 2. The lowest BCUT2D eigenvalue weighted by Crippen LogP contribution is -2.09. The molecule has 65 heavy (non-hydrogen) atoms. The van der Waals surface area contributed by atoms with Crippen LogP contribution in [0.3, 0.4) is 0 Å². The van der Waals surface area contributed by atoms with E-state index in [9.17, 15) is 0 Å². The summed E-state index contributed by atoms with van der Waals surface area (Å²) in [7, 11) is 0. The van der Waals surface area contributed by atoms with Gasteiger partial charge in [-0.1, -0.05) is 123 Å². The van der Waals surface area contributed by atoms with Crippen LogP contribution in [0.5, 0.6) is 6.01 Å². The number of unbranched alkanes of at least 4 members (excludes halogenated alkanes) is 3. The molecule has 3 aromatic heterocycles. The Morgan fingerprint density at radius 3 is 1.18 bits per heavy atom. The van der Waals surface area contributed by atoms with Crippen LogP contribution in [0.2, 0.25) is 0 Å². The van der Waals surface area contributed by atoms with E-state index in [0.29, 0.717) is 12.6 Å². The zero-order chi connectivity index (χ0) is 44.0. The van der Waals surface area contributed by atoms with Crippen molar-refractivity contribution >= 4 is 81.1 Å². The second kappa shape index (κ2) is 21.4. The van der Waals surface area contributed by atoms with Crippen LogP contribution >= 0.6 is 22.7 Å². The first-order chi connectivity index (χ1) is 32.2. The first-order valence-electron chi connectivity index (χ1n) is 22.3. The molecular weight excluding hydrogens is 833 g/mol. The number of thiophene rings is 2. The quantitative estimate of drug-likeness (QED) is 0.0803. The number of nitrogens with zero attached hydrogens (tertiary/aromatic N) is 4. The zero-order valence-electron chi connectivity index (χ0n) is 36.4. The third kappa shape index (κ3) is 11.1. The van der Waals surface area contributed by atoms with Gasteiger partial charge in [-0.05, 0) is 145 Å². The Kier molecular flexibility index (Phi) is 14.1. The van der Waals surface area contributed by atoms with Crippen molar-refractivity contribution in [3.05, 3.63) is 221 Å². The molecule has 0 spiro atoms. The summed E-state index contributed by atoms with van der Waals surface area (Å²) in [5.74, 6) is 0. The Morgan fingerprint density at radius 1 is 0.415 bits per heavy atom. The maximum atomic E-state index is 6.14. The lowest BCUT2D eigenvalue weighted by molar-refractivity contribution is 0.281. The highest BCUT2D eigenvalue weighted by Crippen LogP contribution is 2.38. The van der Waals surface area contributed by atoms with Gasteiger partial charge in [0, 0.05) is 53.6 Å². The summed E-state index contributed by atoms with van der Waals surface area (Å²) < 4.78 is 6.14. The smallest absolute Gasteiger partial charge is 0.317 e. The molecule has 3 heterocycles. The highest BCUT2D eigenvalue weighted by atomic mass is 32.1. The van der Waals surface area contributed by atoms with Gasteiger partial charge < -0.3 is 14.5 Å². The molecule has 0 bridgehead atoms. The molecule has 0 fully saturated rings. The predicted molar refractivity (Wildman–Crippen MR) is 278 cm³/mol. The summed E-state index contributed by atoms with van der Waals surface area (Å²) in [5.41, 5.74) is 10.7. The number of benzene rings is 6. The highest BCUT2D eigenvalue weighted by Gasteiger charge is 2.14. The van der Waals surface area contributed by atoms with Gasteiger partial charge in [0.15, 0.2) is 0 Å². The van der Waals surface area contributed by atoms with Gasteiger partial charge >= 0.3 is 6.01 Å². The van der Waals surface area contributed by atoms with E-state index in [4.69, 9.17) is 14.7 Å². The van der Waals surface area contributed by atoms with Gasteiger partial charge in [0.05, 0.1) is 18.0 Å². The van der Waals surface area contributed by atoms with Crippen LogP contribution in [0.25, 0.3) is 45.2 Å². The molecule has 320 valence electrons. The average molecular weight is 883 g/mol. The fourth-order valence-corrected chi connectivity index (χ4v) is 9.50. The van der Waals surface area contributed by atoms with E-state index >= 15 is 0 Å². The molecule has 0 atom stereocenters. The molecule has 0 aliphatic heterocycles. The second-order valence-electron chi connectivity index (χ2n) is 15.6. The number of hydrogen-bond acceptors (Lipinski definition) is 7. The Hall–Kier alpha value is -7.32. The Bertz CT molecular complexity index is 2660. The third-order valence-corrected chi connectivity index (χ3v) is 13.1. The summed E-state index contributed by atoms with van der Waals surface area (Å²) in [6, 6.07) is 70.8. The molecule has 0 radical (unpaired) electrons. The molecule has 0 aliphatic carbocycles. The standard InChI is InChI=1S/C58H50N4OS2/c1-2-3-4-17-42-63-58-59-46(30-36-54-38-40-56(64-54)44-26-32-52(33-27-44)61(48-18-9-5-10-19-48)49-20-11-6-12-21-49)43-47(60-58)31-37-55-39-41-57(65-55)45-28-34-53(35-29-45)62(50-22-13-7-14-23-50)51-24-15-8-16-25-51/h5-16,18-41,43H,2-4,17,42H2,1H3/b36-30+,37-31+. The van der Waals surface area contributed by atoms with Crippen LogP contribution < -0.4 is 14.5 Å². The zero-order valence-corrected chi connectivity index (χ0v) is 38.0. The van der Waals surface area contributed by atoms with E-state index in [1.807, 2.05) is 6.07 Å². The normalized spacial score (nSPS) is 11.3. The highest BCUT2D eigenvalue weighted by molar-refractivity contribution is 7.16. The van der Waals surface area contributed by atoms with E-state index in [1.165, 1.54) is 33.7 Å². The molecule has 9 rings (SSSR count). The molecule has 7 heteroatoms.